The molecule has 0 spiro atoms. The summed E-state index contributed by atoms with van der Waals surface area (Å²) >= 11 is 12.4. The van der Waals surface area contributed by atoms with Crippen molar-refractivity contribution < 1.29 is 9.13 Å². The van der Waals surface area contributed by atoms with Gasteiger partial charge in [-0.1, -0.05) is 17.7 Å². The smallest absolute Gasteiger partial charge is 0.127 e. The van der Waals surface area contributed by atoms with Gasteiger partial charge in [-0.15, -0.1) is 11.6 Å². The van der Waals surface area contributed by atoms with Gasteiger partial charge in [-0.2, -0.15) is 0 Å². The van der Waals surface area contributed by atoms with Crippen LogP contribution in [0.1, 0.15) is 36.3 Å². The van der Waals surface area contributed by atoms with E-state index in [0.717, 1.165) is 18.4 Å². The molecular formula is C13H15Cl2FO. The zero-order chi connectivity index (χ0) is 12.6. The van der Waals surface area contributed by atoms with Gasteiger partial charge >= 0.3 is 0 Å². The molecule has 3 atom stereocenters. The van der Waals surface area contributed by atoms with Crippen LogP contribution in [0, 0.1) is 12.7 Å². The molecule has 1 aromatic rings. The summed E-state index contributed by atoms with van der Waals surface area (Å²) in [5, 5.41) is 0.0583. The van der Waals surface area contributed by atoms with Crippen LogP contribution in [0.2, 0.25) is 5.02 Å². The fourth-order valence-corrected chi connectivity index (χ4v) is 2.83. The molecule has 1 aliphatic rings. The molecule has 94 valence electrons. The Bertz CT molecular complexity index is 422. The highest BCUT2D eigenvalue weighted by molar-refractivity contribution is 6.32. The number of aryl methyl sites for hydroxylation is 1. The van der Waals surface area contributed by atoms with Crippen molar-refractivity contribution in [1.82, 2.24) is 0 Å². The van der Waals surface area contributed by atoms with Crippen LogP contribution in [-0.2, 0) is 4.74 Å². The minimum absolute atomic E-state index is 0.0333. The van der Waals surface area contributed by atoms with Crippen LogP contribution in [0.4, 0.5) is 4.39 Å². The summed E-state index contributed by atoms with van der Waals surface area (Å²) in [6.07, 6.45) is 2.13. The summed E-state index contributed by atoms with van der Waals surface area (Å²) in [6.45, 7) is 3.73. The molecule has 1 aromatic carbocycles. The zero-order valence-corrected chi connectivity index (χ0v) is 11.4. The Morgan fingerprint density at radius 1 is 1.41 bits per heavy atom. The standard InChI is InChI=1S/C13H15Cl2FO/c1-7-5-9(10(14)6-11(7)16)13(15)12-4-3-8(2)17-12/h5-6,8,12-13H,3-4H2,1-2H3. The number of halogens is 3. The minimum atomic E-state index is -0.313. The fraction of sp³-hybridized carbons (Fsp3) is 0.538. The van der Waals surface area contributed by atoms with Crippen LogP contribution in [0.3, 0.4) is 0 Å². The Morgan fingerprint density at radius 3 is 2.71 bits per heavy atom. The molecule has 1 saturated heterocycles. The van der Waals surface area contributed by atoms with Gasteiger partial charge in [-0.05, 0) is 43.9 Å². The number of rotatable bonds is 2. The third-order valence-electron chi connectivity index (χ3n) is 3.17. The zero-order valence-electron chi connectivity index (χ0n) is 9.84. The second-order valence-corrected chi connectivity index (χ2v) is 5.46. The number of hydrogen-bond donors (Lipinski definition) is 0. The molecule has 1 nitrogen and oxygen atoms in total. The molecular weight excluding hydrogens is 262 g/mol. The Morgan fingerprint density at radius 2 is 2.12 bits per heavy atom. The fourth-order valence-electron chi connectivity index (χ4n) is 2.14. The van der Waals surface area contributed by atoms with Crippen molar-refractivity contribution in [2.75, 3.05) is 0 Å². The predicted molar refractivity (Wildman–Crippen MR) is 68.3 cm³/mol. The van der Waals surface area contributed by atoms with Crippen molar-refractivity contribution in [3.8, 4) is 0 Å². The van der Waals surface area contributed by atoms with Gasteiger partial charge in [0, 0.05) is 5.02 Å². The van der Waals surface area contributed by atoms with E-state index in [1.165, 1.54) is 6.07 Å². The maximum absolute atomic E-state index is 13.3. The number of hydrogen-bond acceptors (Lipinski definition) is 1. The van der Waals surface area contributed by atoms with E-state index < -0.39 is 0 Å². The van der Waals surface area contributed by atoms with E-state index in [0.29, 0.717) is 10.6 Å². The molecule has 3 unspecified atom stereocenters. The lowest BCUT2D eigenvalue weighted by molar-refractivity contribution is 0.0533. The van der Waals surface area contributed by atoms with Crippen molar-refractivity contribution in [2.45, 2.75) is 44.3 Å². The first-order valence-electron chi connectivity index (χ1n) is 5.74. The van der Waals surface area contributed by atoms with Crippen LogP contribution < -0.4 is 0 Å². The average Bonchev–Trinajstić information content (AvgIpc) is 2.69. The van der Waals surface area contributed by atoms with Gasteiger partial charge in [0.15, 0.2) is 0 Å². The van der Waals surface area contributed by atoms with Gasteiger partial charge in [0.1, 0.15) is 5.82 Å². The summed E-state index contributed by atoms with van der Waals surface area (Å²) in [7, 11) is 0. The van der Waals surface area contributed by atoms with E-state index >= 15 is 0 Å². The predicted octanol–water partition coefficient (Wildman–Crippen LogP) is 4.63. The first-order valence-corrected chi connectivity index (χ1v) is 6.55. The summed E-state index contributed by atoms with van der Waals surface area (Å²) in [5.41, 5.74) is 1.31. The number of ether oxygens (including phenoxy) is 1. The van der Waals surface area contributed by atoms with Gasteiger partial charge in [0.25, 0.3) is 0 Å². The quantitative estimate of drug-likeness (QED) is 0.716. The topological polar surface area (TPSA) is 9.23 Å². The van der Waals surface area contributed by atoms with Crippen molar-refractivity contribution >= 4 is 23.2 Å². The molecule has 0 aliphatic carbocycles. The van der Waals surface area contributed by atoms with Gasteiger partial charge < -0.3 is 4.74 Å². The third-order valence-corrected chi connectivity index (χ3v) is 4.01. The van der Waals surface area contributed by atoms with Gasteiger partial charge in [-0.3, -0.25) is 0 Å². The SMILES string of the molecule is Cc1cc(C(Cl)C2CCC(C)O2)c(Cl)cc1F. The largest absolute Gasteiger partial charge is 0.373 e. The lowest BCUT2D eigenvalue weighted by Crippen LogP contribution is -2.15. The monoisotopic (exact) mass is 276 g/mol. The Labute approximate surface area is 111 Å². The van der Waals surface area contributed by atoms with E-state index in [9.17, 15) is 4.39 Å². The average molecular weight is 277 g/mol. The highest BCUT2D eigenvalue weighted by Gasteiger charge is 2.30. The van der Waals surface area contributed by atoms with Crippen molar-refractivity contribution in [1.29, 1.82) is 0 Å². The van der Waals surface area contributed by atoms with E-state index in [4.69, 9.17) is 27.9 Å². The van der Waals surface area contributed by atoms with Crippen LogP contribution >= 0.6 is 23.2 Å². The molecule has 0 saturated carbocycles. The van der Waals surface area contributed by atoms with Crippen LogP contribution in [0.5, 0.6) is 0 Å². The van der Waals surface area contributed by atoms with E-state index in [1.807, 2.05) is 6.92 Å². The summed E-state index contributed by atoms with van der Waals surface area (Å²) in [4.78, 5) is 0. The van der Waals surface area contributed by atoms with Gasteiger partial charge in [0.2, 0.25) is 0 Å². The van der Waals surface area contributed by atoms with Crippen LogP contribution in [0.25, 0.3) is 0 Å². The molecule has 1 heterocycles. The summed E-state index contributed by atoms with van der Waals surface area (Å²) in [6, 6.07) is 3.03. The van der Waals surface area contributed by atoms with Crippen molar-refractivity contribution in [3.05, 3.63) is 34.1 Å². The second kappa shape index (κ2) is 5.13. The third kappa shape index (κ3) is 2.75. The lowest BCUT2D eigenvalue weighted by Gasteiger charge is -2.19. The van der Waals surface area contributed by atoms with E-state index in [2.05, 4.69) is 0 Å². The number of benzene rings is 1. The Hall–Kier alpha value is -0.310. The Kier molecular flexibility index (Phi) is 3.96. The summed E-state index contributed by atoms with van der Waals surface area (Å²) in [5.74, 6) is -0.302. The summed E-state index contributed by atoms with van der Waals surface area (Å²) < 4.78 is 19.0. The van der Waals surface area contributed by atoms with Crippen molar-refractivity contribution in [3.63, 3.8) is 0 Å². The first-order chi connectivity index (χ1) is 7.99. The molecule has 0 amide bonds. The van der Waals surface area contributed by atoms with Crippen LogP contribution in [0.15, 0.2) is 12.1 Å². The molecule has 1 fully saturated rings. The molecule has 0 aromatic heterocycles. The van der Waals surface area contributed by atoms with Crippen molar-refractivity contribution in [2.24, 2.45) is 0 Å². The minimum Gasteiger partial charge on any atom is -0.373 e. The molecule has 17 heavy (non-hydrogen) atoms. The van der Waals surface area contributed by atoms with E-state index in [1.54, 1.807) is 13.0 Å². The normalized spacial score (nSPS) is 26.2. The molecule has 0 radical (unpaired) electrons. The van der Waals surface area contributed by atoms with Crippen LogP contribution in [-0.4, -0.2) is 12.2 Å². The number of alkyl halides is 1. The highest BCUT2D eigenvalue weighted by atomic mass is 35.5. The molecule has 0 N–H and O–H groups in total. The Balaban J connectivity index is 2.24. The lowest BCUT2D eigenvalue weighted by atomic mass is 10.0. The maximum Gasteiger partial charge on any atom is 0.127 e. The van der Waals surface area contributed by atoms with E-state index in [-0.39, 0.29) is 23.4 Å². The molecule has 1 aliphatic heterocycles. The maximum atomic E-state index is 13.3. The molecule has 0 bridgehead atoms. The van der Waals surface area contributed by atoms with Gasteiger partial charge in [-0.25, -0.2) is 4.39 Å². The first kappa shape index (κ1) is 13.1. The molecule has 2 rings (SSSR count). The molecule has 4 heteroatoms. The highest BCUT2D eigenvalue weighted by Crippen LogP contribution is 2.38. The second-order valence-electron chi connectivity index (χ2n) is 4.59. The van der Waals surface area contributed by atoms with Gasteiger partial charge in [0.05, 0.1) is 17.6 Å².